The molecule has 0 saturated heterocycles. The Morgan fingerprint density at radius 3 is 2.75 bits per heavy atom. The van der Waals surface area contributed by atoms with E-state index in [1.54, 1.807) is 10.9 Å². The first-order valence-corrected chi connectivity index (χ1v) is 8.33. The van der Waals surface area contributed by atoms with Gasteiger partial charge in [0, 0.05) is 18.8 Å². The molecule has 0 spiro atoms. The standard InChI is InChI=1S/C17H18N4O2S/c1-11-15(24-17(19-11)13-8-18-21(2)9-13)16(23)20-14(10-22)12-6-4-3-5-7-12/h3-9,14,22H,10H2,1-2H3,(H,20,23). The maximum absolute atomic E-state index is 12.6. The molecule has 1 amide bonds. The first kappa shape index (κ1) is 16.4. The van der Waals surface area contributed by atoms with Crippen molar-refractivity contribution in [3.63, 3.8) is 0 Å². The molecule has 2 N–H and O–H groups in total. The molecule has 3 rings (SSSR count). The molecule has 1 unspecified atom stereocenters. The Hall–Kier alpha value is -2.51. The number of benzene rings is 1. The topological polar surface area (TPSA) is 80.0 Å². The van der Waals surface area contributed by atoms with Gasteiger partial charge in [-0.1, -0.05) is 30.3 Å². The summed E-state index contributed by atoms with van der Waals surface area (Å²) in [5, 5.41) is 17.3. The number of aromatic nitrogens is 3. The zero-order valence-corrected chi connectivity index (χ0v) is 14.2. The first-order chi connectivity index (χ1) is 11.6. The highest BCUT2D eigenvalue weighted by atomic mass is 32.1. The third-order valence-corrected chi connectivity index (χ3v) is 4.85. The molecule has 24 heavy (non-hydrogen) atoms. The van der Waals surface area contributed by atoms with Crippen LogP contribution < -0.4 is 5.32 Å². The zero-order chi connectivity index (χ0) is 17.1. The van der Waals surface area contributed by atoms with Gasteiger partial charge in [-0.05, 0) is 12.5 Å². The van der Waals surface area contributed by atoms with Crippen LogP contribution in [-0.2, 0) is 7.05 Å². The van der Waals surface area contributed by atoms with E-state index in [2.05, 4.69) is 15.4 Å². The summed E-state index contributed by atoms with van der Waals surface area (Å²) >= 11 is 1.32. The minimum Gasteiger partial charge on any atom is -0.394 e. The summed E-state index contributed by atoms with van der Waals surface area (Å²) in [5.41, 5.74) is 2.41. The number of nitrogens with zero attached hydrogens (tertiary/aromatic N) is 3. The van der Waals surface area contributed by atoms with Crippen molar-refractivity contribution >= 4 is 17.2 Å². The van der Waals surface area contributed by atoms with Crippen molar-refractivity contribution in [3.8, 4) is 10.6 Å². The molecule has 1 aromatic carbocycles. The zero-order valence-electron chi connectivity index (χ0n) is 13.4. The SMILES string of the molecule is Cc1nc(-c2cnn(C)c2)sc1C(=O)NC(CO)c1ccccc1. The molecule has 0 aliphatic rings. The van der Waals surface area contributed by atoms with E-state index in [9.17, 15) is 9.90 Å². The third-order valence-electron chi connectivity index (χ3n) is 3.64. The molecule has 2 aromatic heterocycles. The quantitative estimate of drug-likeness (QED) is 0.746. The fraction of sp³-hybridized carbons (Fsp3) is 0.235. The number of nitrogens with one attached hydrogen (secondary N) is 1. The number of amides is 1. The van der Waals surface area contributed by atoms with Crippen LogP contribution in [0.15, 0.2) is 42.7 Å². The van der Waals surface area contributed by atoms with Gasteiger partial charge < -0.3 is 10.4 Å². The molecule has 1 atom stereocenters. The van der Waals surface area contributed by atoms with E-state index in [4.69, 9.17) is 0 Å². The number of hydrogen-bond acceptors (Lipinski definition) is 5. The van der Waals surface area contributed by atoms with Crippen molar-refractivity contribution in [1.82, 2.24) is 20.1 Å². The van der Waals surface area contributed by atoms with Gasteiger partial charge >= 0.3 is 0 Å². The number of thiazole rings is 1. The van der Waals surface area contributed by atoms with Crippen LogP contribution in [0.5, 0.6) is 0 Å². The fourth-order valence-corrected chi connectivity index (χ4v) is 3.35. The monoisotopic (exact) mass is 342 g/mol. The summed E-state index contributed by atoms with van der Waals surface area (Å²) in [6, 6.07) is 8.96. The van der Waals surface area contributed by atoms with E-state index in [0.29, 0.717) is 10.6 Å². The number of aryl methyl sites for hydroxylation is 2. The van der Waals surface area contributed by atoms with Gasteiger partial charge in [-0.15, -0.1) is 11.3 Å². The van der Waals surface area contributed by atoms with Crippen molar-refractivity contribution in [2.75, 3.05) is 6.61 Å². The van der Waals surface area contributed by atoms with Crippen LogP contribution in [0.1, 0.15) is 27.0 Å². The van der Waals surface area contributed by atoms with Crippen molar-refractivity contribution in [2.45, 2.75) is 13.0 Å². The van der Waals surface area contributed by atoms with Crippen LogP contribution in [0, 0.1) is 6.92 Å². The van der Waals surface area contributed by atoms with Crippen LogP contribution in [0.2, 0.25) is 0 Å². The van der Waals surface area contributed by atoms with Gasteiger partial charge in [-0.2, -0.15) is 5.10 Å². The van der Waals surface area contributed by atoms with Gasteiger partial charge in [0.15, 0.2) is 0 Å². The molecule has 2 heterocycles. The Kier molecular flexibility index (Phi) is 4.73. The van der Waals surface area contributed by atoms with Crippen LogP contribution >= 0.6 is 11.3 Å². The van der Waals surface area contributed by atoms with Gasteiger partial charge in [0.2, 0.25) is 0 Å². The van der Waals surface area contributed by atoms with Crippen LogP contribution in [0.4, 0.5) is 0 Å². The van der Waals surface area contributed by atoms with Gasteiger partial charge in [0.25, 0.3) is 5.91 Å². The maximum atomic E-state index is 12.6. The number of aliphatic hydroxyl groups excluding tert-OH is 1. The van der Waals surface area contributed by atoms with E-state index in [1.807, 2.05) is 50.5 Å². The van der Waals surface area contributed by atoms with Crippen molar-refractivity contribution in [3.05, 3.63) is 58.9 Å². The average molecular weight is 342 g/mol. The highest BCUT2D eigenvalue weighted by molar-refractivity contribution is 7.17. The van der Waals surface area contributed by atoms with E-state index >= 15 is 0 Å². The van der Waals surface area contributed by atoms with Gasteiger partial charge in [0.05, 0.1) is 24.5 Å². The second-order valence-corrected chi connectivity index (χ2v) is 6.45. The Bertz CT molecular complexity index is 841. The Labute approximate surface area is 143 Å². The lowest BCUT2D eigenvalue weighted by Gasteiger charge is -2.16. The van der Waals surface area contributed by atoms with Crippen LogP contribution in [0.25, 0.3) is 10.6 Å². The molecular formula is C17H18N4O2S. The summed E-state index contributed by atoms with van der Waals surface area (Å²) < 4.78 is 1.70. The number of aliphatic hydroxyl groups is 1. The largest absolute Gasteiger partial charge is 0.394 e. The summed E-state index contributed by atoms with van der Waals surface area (Å²) in [4.78, 5) is 17.6. The molecular weight excluding hydrogens is 324 g/mol. The van der Waals surface area contributed by atoms with Crippen LogP contribution in [-0.4, -0.2) is 32.4 Å². The van der Waals surface area contributed by atoms with Crippen molar-refractivity contribution in [1.29, 1.82) is 0 Å². The Balaban J connectivity index is 1.81. The van der Waals surface area contributed by atoms with E-state index in [1.165, 1.54) is 11.3 Å². The van der Waals surface area contributed by atoms with E-state index in [0.717, 1.165) is 16.1 Å². The number of carbonyl (C=O) groups excluding carboxylic acids is 1. The minimum atomic E-state index is -0.443. The Morgan fingerprint density at radius 1 is 1.38 bits per heavy atom. The minimum absolute atomic E-state index is 0.164. The molecule has 6 nitrogen and oxygen atoms in total. The number of rotatable bonds is 5. The summed E-state index contributed by atoms with van der Waals surface area (Å²) in [6.45, 7) is 1.64. The maximum Gasteiger partial charge on any atom is 0.263 e. The lowest BCUT2D eigenvalue weighted by molar-refractivity contribution is 0.0919. The molecule has 0 bridgehead atoms. The smallest absolute Gasteiger partial charge is 0.263 e. The fourth-order valence-electron chi connectivity index (χ4n) is 2.41. The highest BCUT2D eigenvalue weighted by Crippen LogP contribution is 2.28. The molecule has 7 heteroatoms. The molecule has 0 fully saturated rings. The van der Waals surface area contributed by atoms with Crippen molar-refractivity contribution < 1.29 is 9.90 Å². The normalized spacial score (nSPS) is 12.1. The van der Waals surface area contributed by atoms with E-state index in [-0.39, 0.29) is 12.5 Å². The lowest BCUT2D eigenvalue weighted by atomic mass is 10.1. The average Bonchev–Trinajstić information content (AvgIpc) is 3.19. The Morgan fingerprint density at radius 2 is 2.12 bits per heavy atom. The molecule has 124 valence electrons. The highest BCUT2D eigenvalue weighted by Gasteiger charge is 2.20. The number of carbonyl (C=O) groups is 1. The number of hydrogen-bond donors (Lipinski definition) is 2. The lowest BCUT2D eigenvalue weighted by Crippen LogP contribution is -2.30. The summed E-state index contributed by atoms with van der Waals surface area (Å²) in [5.74, 6) is -0.233. The van der Waals surface area contributed by atoms with Gasteiger partial charge in [0.1, 0.15) is 9.88 Å². The molecule has 0 aliphatic carbocycles. The second kappa shape index (κ2) is 6.94. The first-order valence-electron chi connectivity index (χ1n) is 7.51. The summed E-state index contributed by atoms with van der Waals surface area (Å²) in [7, 11) is 1.84. The third kappa shape index (κ3) is 3.37. The van der Waals surface area contributed by atoms with E-state index < -0.39 is 6.04 Å². The molecule has 0 saturated carbocycles. The van der Waals surface area contributed by atoms with Crippen molar-refractivity contribution in [2.24, 2.45) is 7.05 Å². The van der Waals surface area contributed by atoms with Gasteiger partial charge in [-0.3, -0.25) is 9.48 Å². The molecule has 0 radical (unpaired) electrons. The molecule has 0 aliphatic heterocycles. The van der Waals surface area contributed by atoms with Crippen LogP contribution in [0.3, 0.4) is 0 Å². The predicted molar refractivity (Wildman–Crippen MR) is 92.8 cm³/mol. The molecule has 3 aromatic rings. The summed E-state index contributed by atoms with van der Waals surface area (Å²) in [6.07, 6.45) is 3.58. The predicted octanol–water partition coefficient (Wildman–Crippen LogP) is 2.32. The second-order valence-electron chi connectivity index (χ2n) is 5.46. The van der Waals surface area contributed by atoms with Gasteiger partial charge in [-0.25, -0.2) is 4.98 Å².